The lowest BCUT2D eigenvalue weighted by molar-refractivity contribution is -0.135. The summed E-state index contributed by atoms with van der Waals surface area (Å²) in [6, 6.07) is 13.0. The molecule has 180 valence electrons. The number of rotatable bonds is 6. The van der Waals surface area contributed by atoms with Crippen LogP contribution in [-0.2, 0) is 19.1 Å². The molecule has 2 aromatic carbocycles. The summed E-state index contributed by atoms with van der Waals surface area (Å²) in [5, 5.41) is 4.07. The maximum absolute atomic E-state index is 13.9. The quantitative estimate of drug-likeness (QED) is 0.437. The predicted molar refractivity (Wildman–Crippen MR) is 131 cm³/mol. The molecular weight excluding hydrogens is 479 g/mol. The Hall–Kier alpha value is -2.55. The number of carbonyl (C=O) groups excluding carboxylic acids is 1. The molecule has 1 aliphatic rings. The third-order valence-electron chi connectivity index (χ3n) is 6.56. The Labute approximate surface area is 203 Å². The Kier molecular flexibility index (Phi) is 6.94. The highest BCUT2D eigenvalue weighted by Crippen LogP contribution is 2.43. The van der Waals surface area contributed by atoms with E-state index in [0.29, 0.717) is 36.4 Å². The minimum Gasteiger partial charge on any atom is -0.324 e. The minimum atomic E-state index is -3.91. The molecule has 0 saturated heterocycles. The van der Waals surface area contributed by atoms with Crippen LogP contribution in [0.4, 0.5) is 10.1 Å². The summed E-state index contributed by atoms with van der Waals surface area (Å²) >= 11 is 5.91. The lowest BCUT2D eigenvalue weighted by Crippen LogP contribution is -2.51. The second-order valence-electron chi connectivity index (χ2n) is 8.97. The van der Waals surface area contributed by atoms with Crippen LogP contribution in [0.15, 0.2) is 54.7 Å². The molecule has 1 amide bonds. The van der Waals surface area contributed by atoms with Gasteiger partial charge in [0.05, 0.1) is 11.8 Å². The molecule has 1 saturated carbocycles. The number of nitrogens with one attached hydrogen (secondary N) is 1. The molecule has 3 aromatic rings. The van der Waals surface area contributed by atoms with Crippen molar-refractivity contribution in [2.75, 3.05) is 11.6 Å². The van der Waals surface area contributed by atoms with E-state index < -0.39 is 21.6 Å². The first-order valence-electron chi connectivity index (χ1n) is 11.1. The average molecular weight is 505 g/mol. The number of nitrogens with zero attached hydrogens (tertiary/aromatic N) is 1. The molecule has 1 aromatic heterocycles. The lowest BCUT2D eigenvalue weighted by atomic mass is 9.71. The third kappa shape index (κ3) is 5.40. The van der Waals surface area contributed by atoms with Gasteiger partial charge in [-0.3, -0.25) is 14.0 Å². The molecule has 0 bridgehead atoms. The van der Waals surface area contributed by atoms with Gasteiger partial charge in [0.15, 0.2) is 5.60 Å². The van der Waals surface area contributed by atoms with Gasteiger partial charge in [-0.2, -0.15) is 8.42 Å². The molecule has 0 radical (unpaired) electrons. The molecule has 1 N–H and O–H groups in total. The Bertz CT molecular complexity index is 1310. The van der Waals surface area contributed by atoms with Crippen molar-refractivity contribution < 1.29 is 21.8 Å². The van der Waals surface area contributed by atoms with Crippen LogP contribution in [0.3, 0.4) is 0 Å². The van der Waals surface area contributed by atoms with Gasteiger partial charge in [-0.05, 0) is 98.5 Å². The fraction of sp³-hybridized carbons (Fsp3) is 0.360. The van der Waals surface area contributed by atoms with Crippen LogP contribution in [0, 0.1) is 11.7 Å². The first kappa shape index (κ1) is 24.6. The van der Waals surface area contributed by atoms with Crippen LogP contribution < -0.4 is 5.32 Å². The molecule has 1 atom stereocenters. The molecule has 0 spiro atoms. The largest absolute Gasteiger partial charge is 0.324 e. The molecule has 6 nitrogen and oxygen atoms in total. The fourth-order valence-electron chi connectivity index (χ4n) is 4.85. The summed E-state index contributed by atoms with van der Waals surface area (Å²) in [6.45, 7) is 1.53. The summed E-state index contributed by atoms with van der Waals surface area (Å²) in [7, 11) is -3.91. The number of amides is 1. The smallest absolute Gasteiger partial charge is 0.265 e. The van der Waals surface area contributed by atoms with Crippen LogP contribution in [0.2, 0.25) is 5.02 Å². The zero-order valence-electron chi connectivity index (χ0n) is 18.9. The van der Waals surface area contributed by atoms with Crippen molar-refractivity contribution in [2.24, 2.45) is 5.92 Å². The Morgan fingerprint density at radius 3 is 2.44 bits per heavy atom. The summed E-state index contributed by atoms with van der Waals surface area (Å²) in [5.41, 5.74) is 0.662. The van der Waals surface area contributed by atoms with Crippen molar-refractivity contribution in [3.63, 3.8) is 0 Å². The van der Waals surface area contributed by atoms with Crippen molar-refractivity contribution in [3.05, 3.63) is 71.1 Å². The molecule has 1 aliphatic carbocycles. The zero-order valence-corrected chi connectivity index (χ0v) is 20.5. The molecule has 1 unspecified atom stereocenters. The minimum absolute atomic E-state index is 0.144. The molecule has 1 fully saturated rings. The van der Waals surface area contributed by atoms with Gasteiger partial charge in [-0.25, -0.2) is 4.39 Å². The maximum Gasteiger partial charge on any atom is 0.265 e. The van der Waals surface area contributed by atoms with Gasteiger partial charge in [0.1, 0.15) is 5.82 Å². The van der Waals surface area contributed by atoms with Gasteiger partial charge in [-0.1, -0.05) is 11.6 Å². The number of fused-ring (bicyclic) bond motifs is 1. The van der Waals surface area contributed by atoms with Gasteiger partial charge in [-0.15, -0.1) is 0 Å². The first-order valence-corrected chi connectivity index (χ1v) is 13.3. The SMILES string of the molecule is CC(OS(C)(=O)=O)(C(=O)Nc1ccc(Cl)cc1)C1CCC(c2ccnc3ccc(F)cc23)CC1. The molecule has 0 aliphatic heterocycles. The average Bonchev–Trinajstić information content (AvgIpc) is 2.79. The summed E-state index contributed by atoms with van der Waals surface area (Å²) < 4.78 is 43.5. The van der Waals surface area contributed by atoms with E-state index in [1.165, 1.54) is 19.1 Å². The molecule has 4 rings (SSSR count). The number of aromatic nitrogens is 1. The van der Waals surface area contributed by atoms with Crippen molar-refractivity contribution >= 4 is 44.2 Å². The summed E-state index contributed by atoms with van der Waals surface area (Å²) in [4.78, 5) is 17.6. The highest BCUT2D eigenvalue weighted by molar-refractivity contribution is 7.86. The van der Waals surface area contributed by atoms with Crippen molar-refractivity contribution in [1.29, 1.82) is 0 Å². The fourth-order valence-corrected chi connectivity index (χ4v) is 5.81. The van der Waals surface area contributed by atoms with E-state index in [9.17, 15) is 17.6 Å². The standard InChI is InChI=1S/C25H26ClFN2O4S/c1-25(33-34(2,31)32,24(30)29-20-10-7-18(26)8-11-20)17-5-3-16(4-6-17)21-13-14-28-23-12-9-19(27)15-22(21)23/h7-17H,3-6H2,1-2H3,(H,29,30). The van der Waals surface area contributed by atoms with Crippen LogP contribution in [0.5, 0.6) is 0 Å². The maximum atomic E-state index is 13.9. The topological polar surface area (TPSA) is 85.4 Å². The molecule has 9 heteroatoms. The van der Waals surface area contributed by atoms with E-state index in [1.807, 2.05) is 6.07 Å². The predicted octanol–water partition coefficient (Wildman–Crippen LogP) is 5.67. The summed E-state index contributed by atoms with van der Waals surface area (Å²) in [6.07, 6.45) is 5.23. The van der Waals surface area contributed by atoms with E-state index in [0.717, 1.165) is 22.7 Å². The molecule has 1 heterocycles. The van der Waals surface area contributed by atoms with Crippen LogP contribution in [0.1, 0.15) is 44.1 Å². The van der Waals surface area contributed by atoms with E-state index in [-0.39, 0.29) is 17.7 Å². The van der Waals surface area contributed by atoms with E-state index in [1.54, 1.807) is 36.5 Å². The zero-order chi connectivity index (χ0) is 24.5. The Morgan fingerprint density at radius 2 is 1.79 bits per heavy atom. The van der Waals surface area contributed by atoms with Gasteiger partial charge in [0, 0.05) is 22.3 Å². The number of hydrogen-bond acceptors (Lipinski definition) is 5. The Morgan fingerprint density at radius 1 is 1.12 bits per heavy atom. The number of hydrogen-bond donors (Lipinski definition) is 1. The number of carbonyl (C=O) groups is 1. The number of anilines is 1. The normalized spacial score (nSPS) is 20.6. The highest BCUT2D eigenvalue weighted by Gasteiger charge is 2.47. The van der Waals surface area contributed by atoms with E-state index in [2.05, 4.69) is 10.3 Å². The van der Waals surface area contributed by atoms with Crippen LogP contribution in [-0.4, -0.2) is 31.2 Å². The third-order valence-corrected chi connectivity index (χ3v) is 7.46. The highest BCUT2D eigenvalue weighted by atomic mass is 35.5. The van der Waals surface area contributed by atoms with Crippen LogP contribution in [0.25, 0.3) is 10.9 Å². The van der Waals surface area contributed by atoms with E-state index >= 15 is 0 Å². The van der Waals surface area contributed by atoms with Crippen molar-refractivity contribution in [2.45, 2.75) is 44.1 Å². The first-order chi connectivity index (χ1) is 16.0. The van der Waals surface area contributed by atoms with E-state index in [4.69, 9.17) is 15.8 Å². The van der Waals surface area contributed by atoms with Gasteiger partial charge in [0.25, 0.3) is 16.0 Å². The van der Waals surface area contributed by atoms with Gasteiger partial charge >= 0.3 is 0 Å². The Balaban J connectivity index is 1.56. The van der Waals surface area contributed by atoms with Crippen molar-refractivity contribution in [3.8, 4) is 0 Å². The summed E-state index contributed by atoms with van der Waals surface area (Å²) in [5.74, 6) is -1.02. The second-order valence-corrected chi connectivity index (χ2v) is 11.0. The van der Waals surface area contributed by atoms with Gasteiger partial charge in [0.2, 0.25) is 0 Å². The van der Waals surface area contributed by atoms with Crippen LogP contribution >= 0.6 is 11.6 Å². The lowest BCUT2D eigenvalue weighted by Gasteiger charge is -2.39. The number of benzene rings is 2. The number of halogens is 2. The monoisotopic (exact) mass is 504 g/mol. The molecular formula is C25H26ClFN2O4S. The number of pyridine rings is 1. The van der Waals surface area contributed by atoms with Gasteiger partial charge < -0.3 is 5.32 Å². The molecule has 34 heavy (non-hydrogen) atoms. The van der Waals surface area contributed by atoms with Crippen molar-refractivity contribution in [1.82, 2.24) is 4.98 Å². The second kappa shape index (κ2) is 9.60.